The number of rotatable bonds is 5. The third-order valence-electron chi connectivity index (χ3n) is 3.36. The van der Waals surface area contributed by atoms with E-state index in [-0.39, 0.29) is 5.04 Å². The first kappa shape index (κ1) is 15.0. The molecule has 1 aromatic heterocycles. The van der Waals surface area contributed by atoms with Crippen LogP contribution >= 0.6 is 0 Å². The van der Waals surface area contributed by atoms with Crippen molar-refractivity contribution in [2.45, 2.75) is 38.9 Å². The highest BCUT2D eigenvalue weighted by molar-refractivity contribution is 6.74. The summed E-state index contributed by atoms with van der Waals surface area (Å²) in [5.41, 5.74) is 6.19. The molecule has 0 saturated heterocycles. The van der Waals surface area contributed by atoms with Crippen LogP contribution in [-0.2, 0) is 4.43 Å². The van der Waals surface area contributed by atoms with Gasteiger partial charge in [-0.05, 0) is 24.2 Å². The molecular weight excluding hydrogens is 244 g/mol. The summed E-state index contributed by atoms with van der Waals surface area (Å²) in [7, 11) is -1.67. The summed E-state index contributed by atoms with van der Waals surface area (Å²) < 4.78 is 11.5. The minimum atomic E-state index is -1.67. The first-order valence-electron chi connectivity index (χ1n) is 6.21. The summed E-state index contributed by atoms with van der Waals surface area (Å²) in [5.74, 6) is 0.586. The van der Waals surface area contributed by atoms with E-state index in [9.17, 15) is 0 Å². The van der Waals surface area contributed by atoms with Crippen LogP contribution in [0.3, 0.4) is 0 Å². The van der Waals surface area contributed by atoms with Gasteiger partial charge in [-0.3, -0.25) is 0 Å². The second-order valence-electron chi connectivity index (χ2n) is 5.89. The number of nitrogen functional groups attached to an aromatic ring is 1. The van der Waals surface area contributed by atoms with Crippen LogP contribution in [0.5, 0.6) is 5.88 Å². The Labute approximate surface area is 111 Å². The maximum absolute atomic E-state index is 6.00. The fraction of sp³-hybridized carbons (Fsp3) is 0.615. The van der Waals surface area contributed by atoms with Crippen molar-refractivity contribution in [1.82, 2.24) is 4.98 Å². The van der Waals surface area contributed by atoms with Crippen LogP contribution in [0.15, 0.2) is 18.3 Å². The SMILES string of the molecule is CC(C)(C)[Si](C)(C)OCCOc1ccc(N)cn1. The van der Waals surface area contributed by atoms with E-state index < -0.39 is 8.32 Å². The van der Waals surface area contributed by atoms with E-state index in [4.69, 9.17) is 14.9 Å². The van der Waals surface area contributed by atoms with E-state index in [0.717, 1.165) is 0 Å². The Morgan fingerprint density at radius 1 is 1.22 bits per heavy atom. The molecule has 0 saturated carbocycles. The van der Waals surface area contributed by atoms with Gasteiger partial charge < -0.3 is 14.9 Å². The highest BCUT2D eigenvalue weighted by Gasteiger charge is 2.36. The van der Waals surface area contributed by atoms with E-state index in [1.165, 1.54) is 0 Å². The molecule has 1 aromatic rings. The van der Waals surface area contributed by atoms with Crippen molar-refractivity contribution in [3.8, 4) is 5.88 Å². The molecule has 0 aliphatic heterocycles. The standard InChI is InChI=1S/C13H24N2O2Si/c1-13(2,3)18(4,5)17-9-8-16-12-7-6-11(14)10-15-12/h6-7,10H,8-9,14H2,1-5H3. The van der Waals surface area contributed by atoms with Gasteiger partial charge in [-0.2, -0.15) is 0 Å². The second-order valence-corrected chi connectivity index (χ2v) is 10.7. The number of nitrogens with two attached hydrogens (primary N) is 1. The molecule has 0 atom stereocenters. The van der Waals surface area contributed by atoms with Gasteiger partial charge in [-0.1, -0.05) is 20.8 Å². The molecule has 0 aromatic carbocycles. The number of pyridine rings is 1. The Balaban J connectivity index is 2.33. The molecule has 18 heavy (non-hydrogen) atoms. The number of aromatic nitrogens is 1. The molecule has 102 valence electrons. The number of anilines is 1. The lowest BCUT2D eigenvalue weighted by Gasteiger charge is -2.36. The molecule has 0 aliphatic rings. The minimum Gasteiger partial charge on any atom is -0.475 e. The van der Waals surface area contributed by atoms with Gasteiger partial charge in [0.2, 0.25) is 5.88 Å². The van der Waals surface area contributed by atoms with E-state index in [1.807, 2.05) is 0 Å². The molecular formula is C13H24N2O2Si. The lowest BCUT2D eigenvalue weighted by Crippen LogP contribution is -2.41. The van der Waals surface area contributed by atoms with Crippen molar-refractivity contribution >= 4 is 14.0 Å². The highest BCUT2D eigenvalue weighted by atomic mass is 28.4. The average molecular weight is 268 g/mol. The summed E-state index contributed by atoms with van der Waals surface area (Å²) in [6, 6.07) is 3.54. The molecule has 0 fully saturated rings. The first-order valence-corrected chi connectivity index (χ1v) is 9.11. The van der Waals surface area contributed by atoms with Gasteiger partial charge in [-0.15, -0.1) is 0 Å². The first-order chi connectivity index (χ1) is 8.22. The fourth-order valence-corrected chi connectivity index (χ4v) is 2.16. The highest BCUT2D eigenvalue weighted by Crippen LogP contribution is 2.36. The van der Waals surface area contributed by atoms with Crippen LogP contribution in [0.2, 0.25) is 18.1 Å². The lowest BCUT2D eigenvalue weighted by molar-refractivity contribution is 0.199. The van der Waals surface area contributed by atoms with Crippen molar-refractivity contribution < 1.29 is 9.16 Å². The van der Waals surface area contributed by atoms with Gasteiger partial charge in [0.05, 0.1) is 18.5 Å². The average Bonchev–Trinajstić information content (AvgIpc) is 2.25. The molecule has 2 N–H and O–H groups in total. The number of ether oxygens (including phenoxy) is 1. The van der Waals surface area contributed by atoms with E-state index >= 15 is 0 Å². The Bertz CT molecular complexity index is 372. The van der Waals surface area contributed by atoms with Gasteiger partial charge in [-0.25, -0.2) is 4.98 Å². The summed E-state index contributed by atoms with van der Waals surface area (Å²) in [4.78, 5) is 4.07. The molecule has 1 heterocycles. The van der Waals surface area contributed by atoms with Crippen LogP contribution in [0.25, 0.3) is 0 Å². The second kappa shape index (κ2) is 5.71. The summed E-state index contributed by atoms with van der Waals surface area (Å²) >= 11 is 0. The van der Waals surface area contributed by atoms with Crippen LogP contribution in [0.4, 0.5) is 5.69 Å². The van der Waals surface area contributed by atoms with Crippen molar-refractivity contribution in [2.75, 3.05) is 18.9 Å². The fourth-order valence-electron chi connectivity index (χ4n) is 1.14. The van der Waals surface area contributed by atoms with Crippen molar-refractivity contribution in [3.63, 3.8) is 0 Å². The molecule has 0 aliphatic carbocycles. The largest absolute Gasteiger partial charge is 0.475 e. The zero-order valence-electron chi connectivity index (χ0n) is 12.0. The Morgan fingerprint density at radius 2 is 1.89 bits per heavy atom. The van der Waals surface area contributed by atoms with Gasteiger partial charge in [0.25, 0.3) is 0 Å². The summed E-state index contributed by atoms with van der Waals surface area (Å²) in [6.07, 6.45) is 1.59. The molecule has 0 bridgehead atoms. The van der Waals surface area contributed by atoms with Gasteiger partial charge in [0.1, 0.15) is 6.61 Å². The molecule has 5 heteroatoms. The van der Waals surface area contributed by atoms with E-state index in [0.29, 0.717) is 24.8 Å². The van der Waals surface area contributed by atoms with Crippen molar-refractivity contribution in [2.24, 2.45) is 0 Å². The number of hydrogen-bond donors (Lipinski definition) is 1. The van der Waals surface area contributed by atoms with Crippen LogP contribution in [-0.4, -0.2) is 26.5 Å². The smallest absolute Gasteiger partial charge is 0.213 e. The molecule has 0 spiro atoms. The van der Waals surface area contributed by atoms with Crippen LogP contribution < -0.4 is 10.5 Å². The third-order valence-corrected chi connectivity index (χ3v) is 7.90. The zero-order valence-corrected chi connectivity index (χ0v) is 13.0. The Hall–Kier alpha value is -1.07. The normalized spacial score (nSPS) is 12.5. The lowest BCUT2D eigenvalue weighted by atomic mass is 10.2. The Kier molecular flexibility index (Phi) is 4.75. The molecule has 0 amide bonds. The predicted octanol–water partition coefficient (Wildman–Crippen LogP) is 3.06. The molecule has 0 radical (unpaired) electrons. The van der Waals surface area contributed by atoms with Gasteiger partial charge in [0.15, 0.2) is 8.32 Å². The van der Waals surface area contributed by atoms with Gasteiger partial charge in [0, 0.05) is 6.07 Å². The maximum atomic E-state index is 6.00. The molecule has 0 unspecified atom stereocenters. The van der Waals surface area contributed by atoms with Crippen molar-refractivity contribution in [3.05, 3.63) is 18.3 Å². The Morgan fingerprint density at radius 3 is 2.39 bits per heavy atom. The summed E-state index contributed by atoms with van der Waals surface area (Å²) in [5, 5.41) is 0.229. The quantitative estimate of drug-likeness (QED) is 0.658. The zero-order chi connectivity index (χ0) is 13.8. The minimum absolute atomic E-state index is 0.229. The van der Waals surface area contributed by atoms with E-state index in [1.54, 1.807) is 18.3 Å². The summed E-state index contributed by atoms with van der Waals surface area (Å²) in [6.45, 7) is 12.2. The topological polar surface area (TPSA) is 57.4 Å². The number of nitrogens with zero attached hydrogens (tertiary/aromatic N) is 1. The maximum Gasteiger partial charge on any atom is 0.213 e. The van der Waals surface area contributed by atoms with E-state index in [2.05, 4.69) is 38.8 Å². The van der Waals surface area contributed by atoms with Crippen LogP contribution in [0, 0.1) is 0 Å². The monoisotopic (exact) mass is 268 g/mol. The molecule has 1 rings (SSSR count). The van der Waals surface area contributed by atoms with Crippen molar-refractivity contribution in [1.29, 1.82) is 0 Å². The number of hydrogen-bond acceptors (Lipinski definition) is 4. The van der Waals surface area contributed by atoms with Gasteiger partial charge >= 0.3 is 0 Å². The molecule has 4 nitrogen and oxygen atoms in total. The third kappa shape index (κ3) is 4.31. The van der Waals surface area contributed by atoms with Crippen LogP contribution in [0.1, 0.15) is 20.8 Å². The predicted molar refractivity (Wildman–Crippen MR) is 77.3 cm³/mol.